The standard InChI is InChI=1S/C18H16O3/c1-11-4-6-13(7-5-11)9-16-18(19)17-12(2)8-14(20-3)10-15(17)21-16/h4-10H,1-3H3/b16-9-. The van der Waals surface area contributed by atoms with Crippen LogP contribution in [0.25, 0.3) is 6.08 Å². The van der Waals surface area contributed by atoms with Crippen molar-refractivity contribution in [2.45, 2.75) is 13.8 Å². The van der Waals surface area contributed by atoms with Crippen LogP contribution in [0.4, 0.5) is 0 Å². The van der Waals surface area contributed by atoms with Gasteiger partial charge in [0.1, 0.15) is 11.5 Å². The Kier molecular flexibility index (Phi) is 3.26. The van der Waals surface area contributed by atoms with Crippen molar-refractivity contribution < 1.29 is 14.3 Å². The lowest BCUT2D eigenvalue weighted by Crippen LogP contribution is -1.99. The fraction of sp³-hybridized carbons (Fsp3) is 0.167. The van der Waals surface area contributed by atoms with Crippen LogP contribution in [-0.4, -0.2) is 12.9 Å². The van der Waals surface area contributed by atoms with Crippen LogP contribution in [0, 0.1) is 13.8 Å². The van der Waals surface area contributed by atoms with Crippen molar-refractivity contribution in [2.24, 2.45) is 0 Å². The Morgan fingerprint density at radius 1 is 1.10 bits per heavy atom. The van der Waals surface area contributed by atoms with E-state index >= 15 is 0 Å². The van der Waals surface area contributed by atoms with E-state index in [0.717, 1.165) is 11.1 Å². The lowest BCUT2D eigenvalue weighted by atomic mass is 10.0. The largest absolute Gasteiger partial charge is 0.497 e. The predicted molar refractivity (Wildman–Crippen MR) is 81.8 cm³/mol. The van der Waals surface area contributed by atoms with Gasteiger partial charge >= 0.3 is 0 Å². The van der Waals surface area contributed by atoms with Gasteiger partial charge in [0.2, 0.25) is 5.78 Å². The summed E-state index contributed by atoms with van der Waals surface area (Å²) in [5.41, 5.74) is 3.61. The van der Waals surface area contributed by atoms with E-state index in [0.29, 0.717) is 22.8 Å². The van der Waals surface area contributed by atoms with E-state index in [1.54, 1.807) is 19.3 Å². The van der Waals surface area contributed by atoms with Gasteiger partial charge in [-0.1, -0.05) is 29.8 Å². The molecule has 2 aromatic carbocycles. The Balaban J connectivity index is 2.00. The molecule has 1 aliphatic heterocycles. The van der Waals surface area contributed by atoms with Crippen molar-refractivity contribution in [2.75, 3.05) is 7.11 Å². The average Bonchev–Trinajstić information content (AvgIpc) is 2.78. The normalized spacial score (nSPS) is 15.0. The molecule has 0 aliphatic carbocycles. The van der Waals surface area contributed by atoms with Crippen LogP contribution in [0.15, 0.2) is 42.2 Å². The number of hydrogen-bond donors (Lipinski definition) is 0. The minimum absolute atomic E-state index is 0.0780. The van der Waals surface area contributed by atoms with Crippen molar-refractivity contribution in [1.29, 1.82) is 0 Å². The van der Waals surface area contributed by atoms with Crippen molar-refractivity contribution in [3.05, 3.63) is 64.4 Å². The topological polar surface area (TPSA) is 35.5 Å². The summed E-state index contributed by atoms with van der Waals surface area (Å²) < 4.78 is 10.9. The Labute approximate surface area is 123 Å². The second-order valence-electron chi connectivity index (χ2n) is 5.17. The van der Waals surface area contributed by atoms with Crippen LogP contribution in [-0.2, 0) is 0 Å². The van der Waals surface area contributed by atoms with Crippen LogP contribution >= 0.6 is 0 Å². The molecule has 21 heavy (non-hydrogen) atoms. The molecule has 0 aromatic heterocycles. The number of hydrogen-bond acceptors (Lipinski definition) is 3. The maximum atomic E-state index is 12.5. The van der Waals surface area contributed by atoms with Crippen LogP contribution < -0.4 is 9.47 Å². The molecule has 0 N–H and O–H groups in total. The molecule has 3 rings (SSSR count). The molecule has 0 spiro atoms. The first-order valence-corrected chi connectivity index (χ1v) is 6.78. The average molecular weight is 280 g/mol. The number of benzene rings is 2. The van der Waals surface area contributed by atoms with Gasteiger partial charge in [-0.05, 0) is 37.1 Å². The van der Waals surface area contributed by atoms with Gasteiger partial charge in [0.25, 0.3) is 0 Å². The summed E-state index contributed by atoms with van der Waals surface area (Å²) in [6.45, 7) is 3.91. The maximum absolute atomic E-state index is 12.5. The van der Waals surface area contributed by atoms with Crippen LogP contribution in [0.5, 0.6) is 11.5 Å². The number of Topliss-reactive ketones (excluding diaryl/α,β-unsaturated/α-hetero) is 1. The van der Waals surface area contributed by atoms with Gasteiger partial charge in [0, 0.05) is 6.07 Å². The second-order valence-corrected chi connectivity index (χ2v) is 5.17. The second kappa shape index (κ2) is 5.09. The predicted octanol–water partition coefficient (Wildman–Crippen LogP) is 3.93. The third-order valence-corrected chi connectivity index (χ3v) is 3.55. The highest BCUT2D eigenvalue weighted by molar-refractivity contribution is 6.15. The lowest BCUT2D eigenvalue weighted by molar-refractivity contribution is 0.101. The summed E-state index contributed by atoms with van der Waals surface area (Å²) in [6.07, 6.45) is 1.77. The molecule has 0 bridgehead atoms. The first-order valence-electron chi connectivity index (χ1n) is 6.78. The number of carbonyl (C=O) groups excluding carboxylic acids is 1. The molecule has 0 saturated heterocycles. The smallest absolute Gasteiger partial charge is 0.232 e. The molecule has 3 nitrogen and oxygen atoms in total. The molecule has 1 heterocycles. The molecule has 0 amide bonds. The Hall–Kier alpha value is -2.55. The zero-order valence-electron chi connectivity index (χ0n) is 12.3. The zero-order valence-corrected chi connectivity index (χ0v) is 12.3. The quantitative estimate of drug-likeness (QED) is 0.782. The van der Waals surface area contributed by atoms with Gasteiger partial charge in [0.05, 0.1) is 12.7 Å². The van der Waals surface area contributed by atoms with Gasteiger partial charge in [-0.3, -0.25) is 4.79 Å². The van der Waals surface area contributed by atoms with Gasteiger partial charge in [-0.2, -0.15) is 0 Å². The lowest BCUT2D eigenvalue weighted by Gasteiger charge is -2.04. The third kappa shape index (κ3) is 2.42. The van der Waals surface area contributed by atoms with E-state index in [9.17, 15) is 4.79 Å². The fourth-order valence-corrected chi connectivity index (χ4v) is 2.41. The number of carbonyl (C=O) groups is 1. The molecule has 0 radical (unpaired) electrons. The highest BCUT2D eigenvalue weighted by Crippen LogP contribution is 2.37. The Morgan fingerprint density at radius 2 is 1.81 bits per heavy atom. The molecule has 3 heteroatoms. The van der Waals surface area contributed by atoms with E-state index in [1.165, 1.54) is 5.56 Å². The van der Waals surface area contributed by atoms with Crippen LogP contribution in [0.2, 0.25) is 0 Å². The molecule has 0 fully saturated rings. The number of rotatable bonds is 2. The van der Waals surface area contributed by atoms with Crippen molar-refractivity contribution >= 4 is 11.9 Å². The highest BCUT2D eigenvalue weighted by atomic mass is 16.5. The SMILES string of the molecule is COc1cc(C)c2c(c1)O/C(=C\c1ccc(C)cc1)C2=O. The summed E-state index contributed by atoms with van der Waals surface area (Å²) in [7, 11) is 1.60. The third-order valence-electron chi connectivity index (χ3n) is 3.55. The number of methoxy groups -OCH3 is 1. The first-order chi connectivity index (χ1) is 10.1. The van der Waals surface area contributed by atoms with E-state index < -0.39 is 0 Å². The number of ketones is 1. The van der Waals surface area contributed by atoms with Gasteiger partial charge in [-0.25, -0.2) is 0 Å². The summed E-state index contributed by atoms with van der Waals surface area (Å²) in [4.78, 5) is 12.5. The molecule has 106 valence electrons. The molecule has 0 atom stereocenters. The summed E-state index contributed by atoms with van der Waals surface area (Å²) >= 11 is 0. The monoisotopic (exact) mass is 280 g/mol. The summed E-state index contributed by atoms with van der Waals surface area (Å²) in [6, 6.07) is 11.5. The van der Waals surface area contributed by atoms with E-state index in [2.05, 4.69) is 0 Å². The number of allylic oxidation sites excluding steroid dienone is 1. The minimum Gasteiger partial charge on any atom is -0.497 e. The number of ether oxygens (including phenoxy) is 2. The molecule has 2 aromatic rings. The van der Waals surface area contributed by atoms with Crippen molar-refractivity contribution in [1.82, 2.24) is 0 Å². The van der Waals surface area contributed by atoms with Gasteiger partial charge in [-0.15, -0.1) is 0 Å². The highest BCUT2D eigenvalue weighted by Gasteiger charge is 2.29. The summed E-state index contributed by atoms with van der Waals surface area (Å²) in [5, 5.41) is 0. The van der Waals surface area contributed by atoms with E-state index in [1.807, 2.05) is 44.2 Å². The molecule has 0 saturated carbocycles. The molecular weight excluding hydrogens is 264 g/mol. The zero-order chi connectivity index (χ0) is 15.0. The Bertz CT molecular complexity index is 740. The number of fused-ring (bicyclic) bond motifs is 1. The van der Waals surface area contributed by atoms with E-state index in [4.69, 9.17) is 9.47 Å². The van der Waals surface area contributed by atoms with E-state index in [-0.39, 0.29) is 5.78 Å². The van der Waals surface area contributed by atoms with Gasteiger partial charge < -0.3 is 9.47 Å². The molecule has 1 aliphatic rings. The van der Waals surface area contributed by atoms with Crippen molar-refractivity contribution in [3.8, 4) is 11.5 Å². The van der Waals surface area contributed by atoms with Crippen LogP contribution in [0.1, 0.15) is 27.0 Å². The summed E-state index contributed by atoms with van der Waals surface area (Å²) in [5.74, 6) is 1.53. The fourth-order valence-electron chi connectivity index (χ4n) is 2.41. The van der Waals surface area contributed by atoms with Crippen LogP contribution in [0.3, 0.4) is 0 Å². The van der Waals surface area contributed by atoms with Gasteiger partial charge in [0.15, 0.2) is 5.76 Å². The first kappa shape index (κ1) is 13.4. The molecular formula is C18H16O3. The Morgan fingerprint density at radius 3 is 2.48 bits per heavy atom. The van der Waals surface area contributed by atoms with Crippen molar-refractivity contribution in [3.63, 3.8) is 0 Å². The minimum atomic E-state index is -0.0780. The molecule has 0 unspecified atom stereocenters. The number of aryl methyl sites for hydroxylation is 2. The maximum Gasteiger partial charge on any atom is 0.232 e.